The number of rotatable bonds is 5. The Hall–Kier alpha value is -2.53. The summed E-state index contributed by atoms with van der Waals surface area (Å²) in [6, 6.07) is 16.4. The van der Waals surface area contributed by atoms with Crippen LogP contribution < -0.4 is 0 Å². The first-order valence-corrected chi connectivity index (χ1v) is 10.3. The summed E-state index contributed by atoms with van der Waals surface area (Å²) in [6.45, 7) is 1.71. The minimum Gasteiger partial charge on any atom is -0.342 e. The quantitative estimate of drug-likeness (QED) is 0.668. The number of likely N-dealkylation sites (tertiary alicyclic amines) is 1. The van der Waals surface area contributed by atoms with E-state index in [1.54, 1.807) is 17.5 Å². The SMILES string of the molecule is O=C(Cc1csc(-c2ccccn2)n1)N1CCC(Cc2ccccc2)CC1. The number of piperidine rings is 1. The summed E-state index contributed by atoms with van der Waals surface area (Å²) < 4.78 is 0. The van der Waals surface area contributed by atoms with Crippen molar-refractivity contribution in [3.63, 3.8) is 0 Å². The van der Waals surface area contributed by atoms with E-state index >= 15 is 0 Å². The van der Waals surface area contributed by atoms with Crippen LogP contribution in [0.15, 0.2) is 60.1 Å². The van der Waals surface area contributed by atoms with Gasteiger partial charge in [-0.05, 0) is 42.9 Å². The van der Waals surface area contributed by atoms with E-state index in [1.165, 1.54) is 5.56 Å². The maximum atomic E-state index is 12.7. The van der Waals surface area contributed by atoms with Gasteiger partial charge >= 0.3 is 0 Å². The molecule has 0 spiro atoms. The van der Waals surface area contributed by atoms with Crippen molar-refractivity contribution in [2.75, 3.05) is 13.1 Å². The van der Waals surface area contributed by atoms with Gasteiger partial charge in [-0.2, -0.15) is 0 Å². The first-order chi connectivity index (χ1) is 13.3. The van der Waals surface area contributed by atoms with Crippen molar-refractivity contribution in [3.05, 3.63) is 71.4 Å². The summed E-state index contributed by atoms with van der Waals surface area (Å²) >= 11 is 1.55. The summed E-state index contributed by atoms with van der Waals surface area (Å²) in [5.41, 5.74) is 3.10. The van der Waals surface area contributed by atoms with Gasteiger partial charge in [0.2, 0.25) is 5.91 Å². The lowest BCUT2D eigenvalue weighted by atomic mass is 9.90. The fraction of sp³-hybridized carbons (Fsp3) is 0.318. The van der Waals surface area contributed by atoms with Gasteiger partial charge in [-0.15, -0.1) is 11.3 Å². The average molecular weight is 378 g/mol. The van der Waals surface area contributed by atoms with Crippen LogP contribution in [0.3, 0.4) is 0 Å². The third-order valence-corrected chi connectivity index (χ3v) is 6.02. The molecule has 3 heterocycles. The number of hydrogen-bond donors (Lipinski definition) is 0. The molecule has 0 bridgehead atoms. The number of pyridine rings is 1. The number of nitrogens with zero attached hydrogens (tertiary/aromatic N) is 3. The second kappa shape index (κ2) is 8.44. The second-order valence-electron chi connectivity index (χ2n) is 7.05. The molecule has 1 aliphatic rings. The van der Waals surface area contributed by atoms with Crippen LogP contribution in [0, 0.1) is 5.92 Å². The van der Waals surface area contributed by atoms with Crippen molar-refractivity contribution in [3.8, 4) is 10.7 Å². The van der Waals surface area contributed by atoms with E-state index in [9.17, 15) is 4.79 Å². The smallest absolute Gasteiger partial charge is 0.228 e. The lowest BCUT2D eigenvalue weighted by Crippen LogP contribution is -2.39. The van der Waals surface area contributed by atoms with Gasteiger partial charge in [0.1, 0.15) is 5.01 Å². The first-order valence-electron chi connectivity index (χ1n) is 9.45. The molecule has 0 aliphatic carbocycles. The molecule has 0 radical (unpaired) electrons. The largest absolute Gasteiger partial charge is 0.342 e. The zero-order chi connectivity index (χ0) is 18.5. The molecule has 0 N–H and O–H groups in total. The van der Waals surface area contributed by atoms with Gasteiger partial charge in [0.25, 0.3) is 0 Å². The Balaban J connectivity index is 1.29. The van der Waals surface area contributed by atoms with Crippen LogP contribution in [-0.2, 0) is 17.6 Å². The lowest BCUT2D eigenvalue weighted by Gasteiger charge is -2.32. The van der Waals surface area contributed by atoms with E-state index in [4.69, 9.17) is 0 Å². The minimum absolute atomic E-state index is 0.186. The molecule has 0 unspecified atom stereocenters. The van der Waals surface area contributed by atoms with Crippen molar-refractivity contribution in [1.82, 2.24) is 14.9 Å². The van der Waals surface area contributed by atoms with Gasteiger partial charge in [0.05, 0.1) is 17.8 Å². The number of carbonyl (C=O) groups is 1. The van der Waals surface area contributed by atoms with Crippen LogP contribution in [-0.4, -0.2) is 33.9 Å². The highest BCUT2D eigenvalue weighted by Crippen LogP contribution is 2.24. The summed E-state index contributed by atoms with van der Waals surface area (Å²) in [4.78, 5) is 23.6. The number of hydrogen-bond acceptors (Lipinski definition) is 4. The Kier molecular flexibility index (Phi) is 5.58. The van der Waals surface area contributed by atoms with Crippen LogP contribution in [0.4, 0.5) is 0 Å². The Morgan fingerprint density at radius 2 is 1.85 bits per heavy atom. The van der Waals surface area contributed by atoms with Crippen molar-refractivity contribution in [2.24, 2.45) is 5.92 Å². The molecular weight excluding hydrogens is 354 g/mol. The Labute approximate surface area is 163 Å². The fourth-order valence-electron chi connectivity index (χ4n) is 3.60. The van der Waals surface area contributed by atoms with Crippen molar-refractivity contribution < 1.29 is 4.79 Å². The molecule has 1 fully saturated rings. The van der Waals surface area contributed by atoms with Gasteiger partial charge in [0.15, 0.2) is 0 Å². The zero-order valence-corrected chi connectivity index (χ0v) is 16.1. The van der Waals surface area contributed by atoms with Gasteiger partial charge in [-0.25, -0.2) is 4.98 Å². The van der Waals surface area contributed by atoms with E-state index in [0.717, 1.165) is 48.7 Å². The second-order valence-corrected chi connectivity index (χ2v) is 7.91. The third kappa shape index (κ3) is 4.61. The fourth-order valence-corrected chi connectivity index (χ4v) is 4.39. The topological polar surface area (TPSA) is 46.1 Å². The summed E-state index contributed by atoms with van der Waals surface area (Å²) in [5.74, 6) is 0.859. The predicted octanol–water partition coefficient (Wildman–Crippen LogP) is 4.23. The van der Waals surface area contributed by atoms with Crippen LogP contribution in [0.25, 0.3) is 10.7 Å². The van der Waals surface area contributed by atoms with E-state index in [1.807, 2.05) is 28.5 Å². The molecule has 4 nitrogen and oxygen atoms in total. The van der Waals surface area contributed by atoms with Crippen LogP contribution in [0.5, 0.6) is 0 Å². The van der Waals surface area contributed by atoms with Gasteiger partial charge < -0.3 is 4.90 Å². The third-order valence-electron chi connectivity index (χ3n) is 5.10. The van der Waals surface area contributed by atoms with Crippen LogP contribution in [0.2, 0.25) is 0 Å². The number of carbonyl (C=O) groups excluding carboxylic acids is 1. The van der Waals surface area contributed by atoms with Gasteiger partial charge in [-0.1, -0.05) is 36.4 Å². The van der Waals surface area contributed by atoms with E-state index in [2.05, 4.69) is 40.3 Å². The molecule has 27 heavy (non-hydrogen) atoms. The average Bonchev–Trinajstić information content (AvgIpc) is 3.18. The number of aromatic nitrogens is 2. The standard InChI is InChI=1S/C22H23N3OS/c26-21(15-19-16-27-22(24-19)20-8-4-5-11-23-20)25-12-9-18(10-13-25)14-17-6-2-1-3-7-17/h1-8,11,16,18H,9-10,12-15H2. The molecule has 1 amide bonds. The first kappa shape index (κ1) is 17.9. The number of thiazole rings is 1. The van der Waals surface area contributed by atoms with Gasteiger partial charge in [-0.3, -0.25) is 9.78 Å². The molecule has 0 atom stereocenters. The van der Waals surface area contributed by atoms with Crippen molar-refractivity contribution in [1.29, 1.82) is 0 Å². The van der Waals surface area contributed by atoms with Crippen LogP contribution in [0.1, 0.15) is 24.1 Å². The molecule has 4 rings (SSSR count). The Bertz CT molecular complexity index is 871. The van der Waals surface area contributed by atoms with Crippen molar-refractivity contribution >= 4 is 17.2 Å². The number of benzene rings is 1. The summed E-state index contributed by atoms with van der Waals surface area (Å²) in [7, 11) is 0. The zero-order valence-electron chi connectivity index (χ0n) is 15.3. The maximum absolute atomic E-state index is 12.7. The molecule has 5 heteroatoms. The van der Waals surface area contributed by atoms with Crippen LogP contribution >= 0.6 is 11.3 Å². The Morgan fingerprint density at radius 3 is 2.59 bits per heavy atom. The van der Waals surface area contributed by atoms with E-state index in [0.29, 0.717) is 12.3 Å². The molecular formula is C22H23N3OS. The predicted molar refractivity (Wildman–Crippen MR) is 108 cm³/mol. The highest BCUT2D eigenvalue weighted by molar-refractivity contribution is 7.13. The van der Waals surface area contributed by atoms with E-state index in [-0.39, 0.29) is 5.91 Å². The molecule has 1 aromatic carbocycles. The number of amides is 1. The summed E-state index contributed by atoms with van der Waals surface area (Å²) in [6.07, 6.45) is 5.42. The normalized spacial score (nSPS) is 15.0. The Morgan fingerprint density at radius 1 is 1.07 bits per heavy atom. The maximum Gasteiger partial charge on any atom is 0.228 e. The highest BCUT2D eigenvalue weighted by atomic mass is 32.1. The van der Waals surface area contributed by atoms with Crippen molar-refractivity contribution in [2.45, 2.75) is 25.7 Å². The van der Waals surface area contributed by atoms with Gasteiger partial charge in [0, 0.05) is 24.7 Å². The van der Waals surface area contributed by atoms with E-state index < -0.39 is 0 Å². The minimum atomic E-state index is 0.186. The molecule has 1 saturated heterocycles. The molecule has 1 aliphatic heterocycles. The summed E-state index contributed by atoms with van der Waals surface area (Å²) in [5, 5.41) is 2.85. The molecule has 138 valence electrons. The monoisotopic (exact) mass is 377 g/mol. The molecule has 3 aromatic rings. The molecule has 0 saturated carbocycles. The molecule has 2 aromatic heterocycles. The lowest BCUT2D eigenvalue weighted by molar-refractivity contribution is -0.131. The highest BCUT2D eigenvalue weighted by Gasteiger charge is 2.23.